The summed E-state index contributed by atoms with van der Waals surface area (Å²) in [7, 11) is 0. The molecule has 0 aliphatic rings. The van der Waals surface area contributed by atoms with Gasteiger partial charge in [-0.2, -0.15) is 5.10 Å². The molecule has 0 spiro atoms. The number of hydrogen-bond donors (Lipinski definition) is 1. The van der Waals surface area contributed by atoms with E-state index in [0.717, 1.165) is 35.8 Å². The van der Waals surface area contributed by atoms with E-state index in [1.165, 1.54) is 6.33 Å². The number of hydrogen-bond acceptors (Lipinski definition) is 5. The second kappa shape index (κ2) is 7.20. The summed E-state index contributed by atoms with van der Waals surface area (Å²) < 4.78 is 6.94. The van der Waals surface area contributed by atoms with Gasteiger partial charge >= 0.3 is 0 Å². The Morgan fingerprint density at radius 1 is 1.45 bits per heavy atom. The fourth-order valence-corrected chi connectivity index (χ4v) is 2.47. The van der Waals surface area contributed by atoms with Crippen LogP contribution in [-0.4, -0.2) is 25.8 Å². The molecule has 1 atom stereocenters. The third-order valence-electron chi connectivity index (χ3n) is 3.63. The molecule has 2 heterocycles. The molecular formula is C15H23N5O2. The van der Waals surface area contributed by atoms with E-state index in [4.69, 9.17) is 4.52 Å². The van der Waals surface area contributed by atoms with E-state index < -0.39 is 0 Å². The molecule has 2 aromatic rings. The summed E-state index contributed by atoms with van der Waals surface area (Å²) in [6.45, 7) is 8.56. The van der Waals surface area contributed by atoms with Gasteiger partial charge in [-0.05, 0) is 33.6 Å². The first kappa shape index (κ1) is 16.2. The van der Waals surface area contributed by atoms with Crippen LogP contribution in [0, 0.1) is 13.8 Å². The number of rotatable bonds is 7. The van der Waals surface area contributed by atoms with E-state index in [9.17, 15) is 4.79 Å². The summed E-state index contributed by atoms with van der Waals surface area (Å²) in [6.07, 6.45) is 3.52. The highest BCUT2D eigenvalue weighted by Crippen LogP contribution is 2.15. The number of nitrogens with zero attached hydrogens (tertiary/aromatic N) is 4. The van der Waals surface area contributed by atoms with Gasteiger partial charge in [0.15, 0.2) is 0 Å². The van der Waals surface area contributed by atoms with Crippen LogP contribution in [0.15, 0.2) is 10.9 Å². The van der Waals surface area contributed by atoms with Crippen molar-refractivity contribution in [1.82, 2.24) is 25.2 Å². The highest BCUT2D eigenvalue weighted by Gasteiger charge is 2.16. The first-order valence-electron chi connectivity index (χ1n) is 7.61. The van der Waals surface area contributed by atoms with Crippen molar-refractivity contribution in [2.45, 2.75) is 59.5 Å². The molecule has 22 heavy (non-hydrogen) atoms. The molecule has 7 nitrogen and oxygen atoms in total. The standard InChI is InChI=1S/C15H23N5O2/c1-5-8-20-15(16-9-17-20)11(3)18-14(21)7-6-13-10(2)19-22-12(13)4/h9,11H,5-8H2,1-4H3,(H,18,21)/t11-/m1/s1. The van der Waals surface area contributed by atoms with Crippen LogP contribution < -0.4 is 5.32 Å². The fraction of sp³-hybridized carbons (Fsp3) is 0.600. The van der Waals surface area contributed by atoms with Gasteiger partial charge < -0.3 is 9.84 Å². The smallest absolute Gasteiger partial charge is 0.220 e. The number of aryl methyl sites for hydroxylation is 3. The zero-order valence-corrected chi connectivity index (χ0v) is 13.6. The molecule has 120 valence electrons. The molecule has 0 aliphatic carbocycles. The third kappa shape index (κ3) is 3.72. The van der Waals surface area contributed by atoms with Crippen LogP contribution >= 0.6 is 0 Å². The fourth-order valence-electron chi connectivity index (χ4n) is 2.47. The van der Waals surface area contributed by atoms with Gasteiger partial charge in [0, 0.05) is 18.5 Å². The van der Waals surface area contributed by atoms with Gasteiger partial charge in [0.2, 0.25) is 5.91 Å². The minimum absolute atomic E-state index is 0.0152. The normalized spacial score (nSPS) is 12.4. The molecular weight excluding hydrogens is 282 g/mol. The molecule has 1 amide bonds. The first-order chi connectivity index (χ1) is 10.5. The highest BCUT2D eigenvalue weighted by atomic mass is 16.5. The van der Waals surface area contributed by atoms with Crippen LogP contribution in [0.25, 0.3) is 0 Å². The van der Waals surface area contributed by atoms with Crippen LogP contribution in [0.2, 0.25) is 0 Å². The number of aromatic nitrogens is 4. The van der Waals surface area contributed by atoms with Gasteiger partial charge in [-0.1, -0.05) is 12.1 Å². The van der Waals surface area contributed by atoms with E-state index in [2.05, 4.69) is 27.5 Å². The zero-order chi connectivity index (χ0) is 16.1. The van der Waals surface area contributed by atoms with E-state index in [-0.39, 0.29) is 11.9 Å². The van der Waals surface area contributed by atoms with Gasteiger partial charge in [-0.15, -0.1) is 0 Å². The lowest BCUT2D eigenvalue weighted by Crippen LogP contribution is -2.29. The van der Waals surface area contributed by atoms with Crippen molar-refractivity contribution in [2.24, 2.45) is 0 Å². The molecule has 0 aliphatic heterocycles. The van der Waals surface area contributed by atoms with E-state index in [1.807, 2.05) is 25.5 Å². The SMILES string of the molecule is CCCn1ncnc1[C@@H](C)NC(=O)CCc1c(C)noc1C. The highest BCUT2D eigenvalue weighted by molar-refractivity contribution is 5.76. The van der Waals surface area contributed by atoms with Gasteiger partial charge in [0.05, 0.1) is 11.7 Å². The lowest BCUT2D eigenvalue weighted by molar-refractivity contribution is -0.121. The van der Waals surface area contributed by atoms with Crippen LogP contribution in [0.3, 0.4) is 0 Å². The Balaban J connectivity index is 1.90. The van der Waals surface area contributed by atoms with Gasteiger partial charge in [-0.25, -0.2) is 9.67 Å². The monoisotopic (exact) mass is 305 g/mol. The third-order valence-corrected chi connectivity index (χ3v) is 3.63. The van der Waals surface area contributed by atoms with Crippen LogP contribution in [0.1, 0.15) is 55.6 Å². The quantitative estimate of drug-likeness (QED) is 0.846. The summed E-state index contributed by atoms with van der Waals surface area (Å²) in [5, 5.41) is 11.0. The van der Waals surface area contributed by atoms with E-state index in [1.54, 1.807) is 0 Å². The lowest BCUT2D eigenvalue weighted by atomic mass is 10.1. The number of nitrogens with one attached hydrogen (secondary N) is 1. The van der Waals surface area contributed by atoms with Crippen molar-refractivity contribution in [3.63, 3.8) is 0 Å². The predicted molar refractivity (Wildman–Crippen MR) is 81.2 cm³/mol. The van der Waals surface area contributed by atoms with Crippen molar-refractivity contribution in [2.75, 3.05) is 0 Å². The molecule has 0 fully saturated rings. The van der Waals surface area contributed by atoms with Crippen molar-refractivity contribution in [3.05, 3.63) is 29.2 Å². The predicted octanol–water partition coefficient (Wildman–Crippen LogP) is 2.10. The molecule has 2 aromatic heterocycles. The molecule has 7 heteroatoms. The maximum atomic E-state index is 12.1. The molecule has 0 saturated heterocycles. The number of carbonyl (C=O) groups is 1. The number of carbonyl (C=O) groups excluding carboxylic acids is 1. The van der Waals surface area contributed by atoms with Crippen LogP contribution in [-0.2, 0) is 17.8 Å². The Morgan fingerprint density at radius 2 is 2.23 bits per heavy atom. The van der Waals surface area contributed by atoms with Crippen molar-refractivity contribution in [3.8, 4) is 0 Å². The van der Waals surface area contributed by atoms with Gasteiger partial charge in [0.1, 0.15) is 17.9 Å². The average molecular weight is 305 g/mol. The van der Waals surface area contributed by atoms with Crippen LogP contribution in [0.4, 0.5) is 0 Å². The maximum absolute atomic E-state index is 12.1. The molecule has 1 N–H and O–H groups in total. The maximum Gasteiger partial charge on any atom is 0.220 e. The lowest BCUT2D eigenvalue weighted by Gasteiger charge is -2.14. The van der Waals surface area contributed by atoms with Crippen molar-refractivity contribution >= 4 is 5.91 Å². The second-order valence-corrected chi connectivity index (χ2v) is 5.43. The number of amides is 1. The molecule has 0 saturated carbocycles. The minimum atomic E-state index is -0.161. The summed E-state index contributed by atoms with van der Waals surface area (Å²) in [4.78, 5) is 16.4. The van der Waals surface area contributed by atoms with Gasteiger partial charge in [0.25, 0.3) is 0 Å². The topological polar surface area (TPSA) is 85.8 Å². The summed E-state index contributed by atoms with van der Waals surface area (Å²) in [6, 6.07) is -0.161. The summed E-state index contributed by atoms with van der Waals surface area (Å²) >= 11 is 0. The van der Waals surface area contributed by atoms with Crippen molar-refractivity contribution < 1.29 is 9.32 Å². The average Bonchev–Trinajstić information content (AvgIpc) is 3.05. The Morgan fingerprint density at radius 3 is 2.86 bits per heavy atom. The Labute approximate surface area is 130 Å². The largest absolute Gasteiger partial charge is 0.361 e. The molecule has 0 aromatic carbocycles. The second-order valence-electron chi connectivity index (χ2n) is 5.43. The Kier molecular flexibility index (Phi) is 5.30. The minimum Gasteiger partial charge on any atom is -0.361 e. The van der Waals surface area contributed by atoms with Gasteiger partial charge in [-0.3, -0.25) is 4.79 Å². The van der Waals surface area contributed by atoms with Crippen LogP contribution in [0.5, 0.6) is 0 Å². The Hall–Kier alpha value is -2.18. The van der Waals surface area contributed by atoms with Crippen molar-refractivity contribution in [1.29, 1.82) is 0 Å². The molecule has 2 rings (SSSR count). The van der Waals surface area contributed by atoms with E-state index >= 15 is 0 Å². The van der Waals surface area contributed by atoms with E-state index in [0.29, 0.717) is 12.8 Å². The zero-order valence-electron chi connectivity index (χ0n) is 13.6. The Bertz CT molecular complexity index is 612. The molecule has 0 unspecified atom stereocenters. The molecule has 0 bridgehead atoms. The molecule has 0 radical (unpaired) electrons. The summed E-state index contributed by atoms with van der Waals surface area (Å²) in [5.41, 5.74) is 1.86. The summed E-state index contributed by atoms with van der Waals surface area (Å²) in [5.74, 6) is 1.55. The first-order valence-corrected chi connectivity index (χ1v) is 7.61.